The number of nitrogens with zero attached hydrogens (tertiary/aromatic N) is 1. The number of amides is 2. The van der Waals surface area contributed by atoms with Gasteiger partial charge >= 0.3 is 0 Å². The summed E-state index contributed by atoms with van der Waals surface area (Å²) in [4.78, 5) is 28.8. The highest BCUT2D eigenvalue weighted by molar-refractivity contribution is 7.99. The van der Waals surface area contributed by atoms with Crippen LogP contribution >= 0.6 is 46.6 Å². The molecule has 0 saturated carbocycles. The van der Waals surface area contributed by atoms with Crippen LogP contribution in [0.3, 0.4) is 0 Å². The molecule has 4 nitrogen and oxygen atoms in total. The van der Waals surface area contributed by atoms with Crippen molar-refractivity contribution < 1.29 is 9.59 Å². The van der Waals surface area contributed by atoms with Crippen LogP contribution < -0.4 is 5.32 Å². The van der Waals surface area contributed by atoms with E-state index in [1.54, 1.807) is 28.8 Å². The Morgan fingerprint density at radius 2 is 1.75 bits per heavy atom. The third-order valence-corrected chi connectivity index (χ3v) is 6.96. The van der Waals surface area contributed by atoms with Gasteiger partial charge in [0.05, 0.1) is 10.0 Å². The standard InChI is InChI=1S/C24H29Cl3N2O2S/c1-3-5-13-28-24(31)22(4-2)29(16-17-6-11-20(26)21(27)15-17)23(30)12-14-32-19-9-7-18(25)8-10-19/h6-11,15,22H,3-5,12-14,16H2,1-2H3,(H,28,31)/t22-/m1/s1. The quantitative estimate of drug-likeness (QED) is 0.248. The van der Waals surface area contributed by atoms with Gasteiger partial charge in [-0.2, -0.15) is 0 Å². The average molecular weight is 516 g/mol. The van der Waals surface area contributed by atoms with Crippen LogP contribution in [-0.4, -0.2) is 35.1 Å². The first-order valence-corrected chi connectivity index (χ1v) is 12.9. The molecule has 174 valence electrons. The van der Waals surface area contributed by atoms with E-state index in [4.69, 9.17) is 34.8 Å². The molecule has 0 radical (unpaired) electrons. The monoisotopic (exact) mass is 514 g/mol. The maximum Gasteiger partial charge on any atom is 0.242 e. The fourth-order valence-corrected chi connectivity index (χ4v) is 4.48. The molecule has 0 heterocycles. The summed E-state index contributed by atoms with van der Waals surface area (Å²) in [5.41, 5.74) is 0.831. The van der Waals surface area contributed by atoms with Gasteiger partial charge in [0.1, 0.15) is 6.04 Å². The van der Waals surface area contributed by atoms with Crippen molar-refractivity contribution in [3.05, 3.63) is 63.1 Å². The first-order chi connectivity index (χ1) is 15.3. The average Bonchev–Trinajstić information content (AvgIpc) is 2.77. The van der Waals surface area contributed by atoms with Crippen LogP contribution in [0.2, 0.25) is 15.1 Å². The number of nitrogens with one attached hydrogen (secondary N) is 1. The molecule has 0 aliphatic heterocycles. The van der Waals surface area contributed by atoms with Crippen molar-refractivity contribution in [1.82, 2.24) is 10.2 Å². The Hall–Kier alpha value is -1.40. The second-order valence-electron chi connectivity index (χ2n) is 7.39. The van der Waals surface area contributed by atoms with Crippen LogP contribution in [0.25, 0.3) is 0 Å². The Morgan fingerprint density at radius 1 is 1.03 bits per heavy atom. The maximum absolute atomic E-state index is 13.2. The zero-order valence-corrected chi connectivity index (χ0v) is 21.5. The molecule has 2 rings (SSSR count). The van der Waals surface area contributed by atoms with E-state index < -0.39 is 6.04 Å². The number of hydrogen-bond acceptors (Lipinski definition) is 3. The van der Waals surface area contributed by atoms with Crippen molar-refractivity contribution in [2.75, 3.05) is 12.3 Å². The Labute approximate surface area is 210 Å². The van der Waals surface area contributed by atoms with Crippen molar-refractivity contribution in [2.45, 2.75) is 57.0 Å². The normalized spacial score (nSPS) is 11.8. The molecule has 1 N–H and O–H groups in total. The molecular weight excluding hydrogens is 487 g/mol. The van der Waals surface area contributed by atoms with Crippen molar-refractivity contribution in [3.63, 3.8) is 0 Å². The van der Waals surface area contributed by atoms with Gasteiger partial charge in [-0.1, -0.05) is 61.1 Å². The number of rotatable bonds is 12. The van der Waals surface area contributed by atoms with Gasteiger partial charge in [0.25, 0.3) is 0 Å². The van der Waals surface area contributed by atoms with Gasteiger partial charge in [0.15, 0.2) is 0 Å². The molecule has 32 heavy (non-hydrogen) atoms. The lowest BCUT2D eigenvalue weighted by atomic mass is 10.1. The largest absolute Gasteiger partial charge is 0.354 e. The van der Waals surface area contributed by atoms with Crippen molar-refractivity contribution >= 4 is 58.4 Å². The Kier molecular flexibility index (Phi) is 11.7. The van der Waals surface area contributed by atoms with E-state index in [-0.39, 0.29) is 11.8 Å². The Balaban J connectivity index is 2.12. The van der Waals surface area contributed by atoms with Gasteiger partial charge < -0.3 is 10.2 Å². The number of carbonyl (C=O) groups excluding carboxylic acids is 2. The fraction of sp³-hybridized carbons (Fsp3) is 0.417. The molecule has 0 aliphatic rings. The highest BCUT2D eigenvalue weighted by atomic mass is 35.5. The highest BCUT2D eigenvalue weighted by Crippen LogP contribution is 2.25. The zero-order chi connectivity index (χ0) is 23.5. The van der Waals surface area contributed by atoms with Crippen LogP contribution in [0, 0.1) is 0 Å². The summed E-state index contributed by atoms with van der Waals surface area (Å²) < 4.78 is 0. The van der Waals surface area contributed by atoms with E-state index in [1.165, 1.54) is 0 Å². The smallest absolute Gasteiger partial charge is 0.242 e. The number of thioether (sulfide) groups is 1. The first kappa shape index (κ1) is 26.8. The summed E-state index contributed by atoms with van der Waals surface area (Å²) in [5.74, 6) is 0.404. The summed E-state index contributed by atoms with van der Waals surface area (Å²) in [6.45, 7) is 4.89. The Morgan fingerprint density at radius 3 is 2.38 bits per heavy atom. The van der Waals surface area contributed by atoms with Crippen LogP contribution in [0.4, 0.5) is 0 Å². The summed E-state index contributed by atoms with van der Waals surface area (Å²) in [7, 11) is 0. The molecule has 0 fully saturated rings. The van der Waals surface area contributed by atoms with E-state index in [1.807, 2.05) is 37.3 Å². The molecular formula is C24H29Cl3N2O2S. The molecule has 2 amide bonds. The molecule has 0 spiro atoms. The van der Waals surface area contributed by atoms with Crippen LogP contribution in [0.15, 0.2) is 47.4 Å². The number of halogens is 3. The van der Waals surface area contributed by atoms with Gasteiger partial charge in [0, 0.05) is 35.2 Å². The topological polar surface area (TPSA) is 49.4 Å². The van der Waals surface area contributed by atoms with E-state index >= 15 is 0 Å². The van der Waals surface area contributed by atoms with Gasteiger partial charge in [-0.05, 0) is 54.8 Å². The fourth-order valence-electron chi connectivity index (χ4n) is 3.19. The van der Waals surface area contributed by atoms with E-state index in [9.17, 15) is 9.59 Å². The summed E-state index contributed by atoms with van der Waals surface area (Å²) in [6.07, 6.45) is 2.73. The number of carbonyl (C=O) groups is 2. The molecule has 0 bridgehead atoms. The van der Waals surface area contributed by atoms with E-state index in [0.29, 0.717) is 46.8 Å². The lowest BCUT2D eigenvalue weighted by Crippen LogP contribution is -2.49. The number of unbranched alkanes of at least 4 members (excludes halogenated alkanes) is 1. The SMILES string of the molecule is CCCCNC(=O)[C@@H](CC)N(Cc1ccc(Cl)c(Cl)c1)C(=O)CCSc1ccc(Cl)cc1. The van der Waals surface area contributed by atoms with Gasteiger partial charge in [-0.25, -0.2) is 0 Å². The van der Waals surface area contributed by atoms with Crippen LogP contribution in [0.1, 0.15) is 45.1 Å². The molecule has 2 aromatic carbocycles. The first-order valence-electron chi connectivity index (χ1n) is 10.7. The van der Waals surface area contributed by atoms with Crippen LogP contribution in [-0.2, 0) is 16.1 Å². The third-order valence-electron chi connectivity index (χ3n) is 4.95. The van der Waals surface area contributed by atoms with Crippen molar-refractivity contribution in [2.24, 2.45) is 0 Å². The number of hydrogen-bond donors (Lipinski definition) is 1. The van der Waals surface area contributed by atoms with Gasteiger partial charge in [0.2, 0.25) is 11.8 Å². The van der Waals surface area contributed by atoms with Crippen molar-refractivity contribution in [1.29, 1.82) is 0 Å². The Bertz CT molecular complexity index is 893. The van der Waals surface area contributed by atoms with Gasteiger partial charge in [-0.15, -0.1) is 11.8 Å². The highest BCUT2D eigenvalue weighted by Gasteiger charge is 2.28. The summed E-state index contributed by atoms with van der Waals surface area (Å²) in [6, 6.07) is 12.3. The molecule has 8 heteroatoms. The third kappa shape index (κ3) is 8.51. The van der Waals surface area contributed by atoms with Crippen LogP contribution in [0.5, 0.6) is 0 Å². The summed E-state index contributed by atoms with van der Waals surface area (Å²) >= 11 is 19.7. The zero-order valence-electron chi connectivity index (χ0n) is 18.4. The molecule has 0 unspecified atom stereocenters. The van der Waals surface area contributed by atoms with Crippen molar-refractivity contribution in [3.8, 4) is 0 Å². The minimum absolute atomic E-state index is 0.0740. The lowest BCUT2D eigenvalue weighted by Gasteiger charge is -2.31. The molecule has 0 saturated heterocycles. The van der Waals surface area contributed by atoms with E-state index in [2.05, 4.69) is 12.2 Å². The summed E-state index contributed by atoms with van der Waals surface area (Å²) in [5, 5.41) is 4.53. The predicted octanol–water partition coefficient (Wildman–Crippen LogP) is 6.85. The van der Waals surface area contributed by atoms with Gasteiger partial charge in [-0.3, -0.25) is 9.59 Å². The molecule has 0 aliphatic carbocycles. The second kappa shape index (κ2) is 14.0. The number of benzene rings is 2. The minimum Gasteiger partial charge on any atom is -0.354 e. The lowest BCUT2D eigenvalue weighted by molar-refractivity contribution is -0.141. The predicted molar refractivity (Wildman–Crippen MR) is 136 cm³/mol. The maximum atomic E-state index is 13.2. The van der Waals surface area contributed by atoms with E-state index in [0.717, 1.165) is 23.3 Å². The minimum atomic E-state index is -0.547. The second-order valence-corrected chi connectivity index (χ2v) is 9.81. The molecule has 0 aromatic heterocycles. The molecule has 1 atom stereocenters. The molecule has 2 aromatic rings.